The zero-order valence-corrected chi connectivity index (χ0v) is 75.5. The van der Waals surface area contributed by atoms with Crippen molar-refractivity contribution in [2.75, 3.05) is 51.3 Å². The summed E-state index contributed by atoms with van der Waals surface area (Å²) in [5, 5.41) is 40.6. The molecule has 0 radical (unpaired) electrons. The third kappa shape index (κ3) is 51.8. The molecule has 0 spiro atoms. The maximum absolute atomic E-state index is 13.0. The van der Waals surface area contributed by atoms with Crippen LogP contribution in [0.1, 0.15) is 42.9 Å². The van der Waals surface area contributed by atoms with E-state index < -0.39 is 37.0 Å². The van der Waals surface area contributed by atoms with E-state index in [0.717, 1.165) is 22.3 Å². The van der Waals surface area contributed by atoms with Crippen molar-refractivity contribution in [1.29, 1.82) is 0 Å². The molecule has 0 aliphatic rings. The van der Waals surface area contributed by atoms with E-state index in [4.69, 9.17) is 68.4 Å². The van der Waals surface area contributed by atoms with Crippen molar-refractivity contribution in [2.45, 2.75) is 52.7 Å². The summed E-state index contributed by atoms with van der Waals surface area (Å²) < 4.78 is 92.6. The van der Waals surface area contributed by atoms with E-state index in [1.54, 1.807) is 195 Å². The van der Waals surface area contributed by atoms with Gasteiger partial charge in [0.1, 0.15) is 59.8 Å². The molecule has 0 unspecified atom stereocenters. The van der Waals surface area contributed by atoms with Crippen LogP contribution in [0.4, 0.5) is 31.5 Å². The van der Waals surface area contributed by atoms with E-state index in [2.05, 4.69) is 86.2 Å². The number of aromatic hydroxyl groups is 2. The van der Waals surface area contributed by atoms with E-state index in [1.165, 1.54) is 24.3 Å². The van der Waals surface area contributed by atoms with Crippen LogP contribution in [0, 0.1) is 6.86 Å². The molecule has 5 aromatic heterocycles. The van der Waals surface area contributed by atoms with E-state index in [-0.39, 0.29) is 198 Å². The van der Waals surface area contributed by atoms with Crippen LogP contribution < -0.4 is 145 Å². The van der Waals surface area contributed by atoms with E-state index in [9.17, 15) is 36.3 Å². The average molecular weight is 1820 g/mol. The summed E-state index contributed by atoms with van der Waals surface area (Å²) in [5.41, 5.74) is 15.0. The van der Waals surface area contributed by atoms with E-state index >= 15 is 0 Å². The Labute approximate surface area is 792 Å². The molecule has 0 saturated heterocycles. The quantitative estimate of drug-likeness (QED) is 0.00435. The molecule has 0 aliphatic heterocycles. The van der Waals surface area contributed by atoms with Crippen molar-refractivity contribution in [2.24, 2.45) is 11.5 Å². The topological polar surface area (TPSA) is 402 Å². The van der Waals surface area contributed by atoms with Gasteiger partial charge in [-0.25, -0.2) is 77.0 Å². The van der Waals surface area contributed by atoms with Gasteiger partial charge in [0.15, 0.2) is 24.7 Å². The van der Waals surface area contributed by atoms with Gasteiger partial charge in [-0.1, -0.05) is 28.1 Å². The predicted octanol–water partition coefficient (Wildman–Crippen LogP) is 8.41. The minimum Gasteiger partial charge on any atom is -0.508 e. The molecule has 40 heteroatoms. The van der Waals surface area contributed by atoms with Crippen LogP contribution in [0.2, 0.25) is 5.28 Å². The molecular formula is C78H87BBrCl3F5K2N14O14+. The van der Waals surface area contributed by atoms with E-state index in [0.29, 0.717) is 98.7 Å². The van der Waals surface area contributed by atoms with Gasteiger partial charge >= 0.3 is 129 Å². The van der Waals surface area contributed by atoms with Gasteiger partial charge in [0.05, 0.1) is 25.3 Å². The average Bonchev–Trinajstić information content (AvgIpc) is 0.880. The molecule has 28 nitrogen and oxygen atoms in total. The van der Waals surface area contributed by atoms with Crippen molar-refractivity contribution in [3.8, 4) is 74.3 Å². The predicted molar refractivity (Wildman–Crippen MR) is 438 cm³/mol. The van der Waals surface area contributed by atoms with Crippen molar-refractivity contribution < 1.29 is 194 Å². The largest absolute Gasteiger partial charge is 1.00 e. The van der Waals surface area contributed by atoms with Crippen molar-refractivity contribution in [1.82, 2.24) is 60.5 Å². The number of phenolic OH excluding ortho intramolecular Hbond substituents is 2. The summed E-state index contributed by atoms with van der Waals surface area (Å²) in [4.78, 5) is 79.0. The van der Waals surface area contributed by atoms with Crippen LogP contribution >= 0.6 is 52.3 Å². The number of amides is 2. The van der Waals surface area contributed by atoms with Crippen LogP contribution in [0.3, 0.4) is 0 Å². The smallest absolute Gasteiger partial charge is 0.508 e. The Morgan fingerprint density at radius 2 is 0.763 bits per heavy atom. The molecular weight excluding hydrogens is 1730 g/mol. The number of hydrogen-bond donors (Lipinski definition) is 8. The molecule has 10 rings (SSSR count). The van der Waals surface area contributed by atoms with Crippen LogP contribution in [-0.2, 0) is 24.0 Å². The third-order valence-corrected chi connectivity index (χ3v) is 13.8. The van der Waals surface area contributed by atoms with Gasteiger partial charge in [0, 0.05) is 132 Å². The summed E-state index contributed by atoms with van der Waals surface area (Å²) in [7, 11) is -1.46. The maximum atomic E-state index is 13.0. The summed E-state index contributed by atoms with van der Waals surface area (Å²) in [5.74, 6) is 4.82. The Kier molecular flexibility index (Phi) is 61.7. The number of aromatic nitrogens is 10. The Morgan fingerprint density at radius 3 is 0.992 bits per heavy atom. The number of nitrogens with zero attached hydrogens (tertiary/aromatic N) is 10. The summed E-state index contributed by atoms with van der Waals surface area (Å²) in [6, 6.07) is 43.0. The normalized spacial score (nSPS) is 10.6. The third-order valence-electron chi connectivity index (χ3n) is 12.9. The zero-order valence-electron chi connectivity index (χ0n) is 66.3. The number of alkyl halides is 1. The second kappa shape index (κ2) is 66.4. The SMILES string of the molecule is CC(C)(C)OC(=O)NCC(=CF)CBr.CC(C)(C)OC(=O)NCC(=CF)COc1ccc(-c2ncccn2)cc1.Cl.Cl.Clc1ncccn1.NC/C(=C/F)COc1ccc(-c2ncccn2)cc1.NC/C(=C\F)COc1ccc(-c2ncccn2)cc1.OB(O)c1ccc(O)cc1.Oc1ccc(-c2ncccn2)cc1.[2H]C(=O)OO[CH-]F.[K+].[K+]. The Balaban J connectivity index is 0. The monoisotopic (exact) mass is 1810 g/mol. The molecule has 118 heavy (non-hydrogen) atoms. The molecule has 10 aromatic rings. The standard InChI is InChI=1S/C19H22FN3O3.2C14H14FN3O.C10H8N2O.C9H15BrFNO2.C6H7BO3.C4H3ClN2.C2H2FO3.2ClH.2K/c1-19(2,3)26-18(24)23-12-14(11-20)13-25-16-7-5-15(6-8-16)17-21-9-4-10-22-17;2*15-8-11(9-16)10-19-13-4-2-12(3-5-13)14-17-6-1-7-18-14;13-9-4-2-8(3-5-9)10-11-6-1-7-12-10;1-9(2,3)14-8(13)12-6-7(4-10)5-11;8-6-3-1-5(2-4-6)7(9)10;5-4-6-2-1-3-7-4;3-1-5-6-2-4;;;;/h4-11H,12-13H2,1-3H3,(H,23,24);2*1-8H,9-10,16H2;1-7,13H;5H,4,6H2,1-3H3,(H,12,13);1-4,8-10H;1-3H;1-2H;2*1H;;/q;;;;;;;-1;;;2*+1/b;11-8+;11-8-;;;;;;;;;/i;;;;;;;2D;;;;. The Bertz CT molecular complexity index is 4390. The van der Waals surface area contributed by atoms with Crippen LogP contribution in [0.15, 0.2) is 261 Å². The number of ether oxygens (including phenoxy) is 5. The van der Waals surface area contributed by atoms with Gasteiger partial charge in [-0.05, 0) is 211 Å². The minimum absolute atomic E-state index is 0. The fourth-order valence-corrected chi connectivity index (χ4v) is 7.94. The molecule has 2 amide bonds. The summed E-state index contributed by atoms with van der Waals surface area (Å²) in [6.45, 7) is 11.0. The Hall–Kier alpha value is -8.39. The fraction of sp³-hybridized carbons (Fsp3) is 0.205. The number of carbonyl (C=O) groups is 3. The summed E-state index contributed by atoms with van der Waals surface area (Å²) in [6.07, 6.45) is 15.9. The van der Waals surface area contributed by atoms with Gasteiger partial charge in [0.25, 0.3) is 0 Å². The summed E-state index contributed by atoms with van der Waals surface area (Å²) >= 11 is 8.40. The Morgan fingerprint density at radius 1 is 0.492 bits per heavy atom. The number of phenols is 2. The van der Waals surface area contributed by atoms with E-state index in [1.807, 2.05) is 36.4 Å². The molecule has 0 bridgehead atoms. The molecule has 0 aliphatic carbocycles. The number of rotatable bonds is 23. The van der Waals surface area contributed by atoms with Gasteiger partial charge < -0.3 is 80.2 Å². The molecule has 0 saturated carbocycles. The first kappa shape index (κ1) is 110. The van der Waals surface area contributed by atoms with Crippen molar-refractivity contribution in [3.63, 3.8) is 0 Å². The second-order valence-corrected chi connectivity index (χ2v) is 24.8. The van der Waals surface area contributed by atoms with Crippen LogP contribution in [-0.4, -0.2) is 158 Å². The maximum Gasteiger partial charge on any atom is 1.00 e. The first-order valence-corrected chi connectivity index (χ1v) is 35.1. The van der Waals surface area contributed by atoms with Gasteiger partial charge in [-0.3, -0.25) is 4.79 Å². The zero-order chi connectivity index (χ0) is 84.7. The first-order chi connectivity index (χ1) is 55.1. The first-order valence-electron chi connectivity index (χ1n) is 34.1. The number of benzene rings is 5. The fourth-order valence-electron chi connectivity index (χ4n) is 7.50. The number of nitrogens with two attached hydrogens (primary N) is 2. The molecule has 5 aromatic carbocycles. The van der Waals surface area contributed by atoms with Gasteiger partial charge in [-0.15, -0.1) is 24.8 Å². The van der Waals surface area contributed by atoms with Crippen LogP contribution in [0.25, 0.3) is 45.6 Å². The van der Waals surface area contributed by atoms with Crippen molar-refractivity contribution >= 4 is 83.6 Å². The minimum atomic E-state index is -1.46. The molecule has 0 atom stereocenters. The number of carbonyl (C=O) groups excluding carboxylic acids is 3. The number of hydrogen-bond acceptors (Lipinski definition) is 26. The molecule has 0 fully saturated rings. The van der Waals surface area contributed by atoms with Gasteiger partial charge in [-0.2, -0.15) is 0 Å². The number of halogens is 9. The van der Waals surface area contributed by atoms with Gasteiger partial charge in [0.2, 0.25) is 5.28 Å². The number of nitrogens with one attached hydrogen (secondary N) is 2. The molecule has 620 valence electrons. The molecule has 5 heterocycles. The second-order valence-electron chi connectivity index (χ2n) is 23.9. The number of alkyl carbamates (subject to hydrolysis) is 2. The van der Waals surface area contributed by atoms with Crippen molar-refractivity contribution in [3.05, 3.63) is 273 Å². The van der Waals surface area contributed by atoms with Crippen LogP contribution in [0.5, 0.6) is 28.7 Å². The molecule has 10 N–H and O–H groups in total.